The minimum atomic E-state index is 0.209. The van der Waals surface area contributed by atoms with Gasteiger partial charge < -0.3 is 0 Å². The van der Waals surface area contributed by atoms with Gasteiger partial charge in [-0.3, -0.25) is 4.79 Å². The van der Waals surface area contributed by atoms with Crippen molar-refractivity contribution in [2.45, 2.75) is 38.5 Å². The van der Waals surface area contributed by atoms with Crippen molar-refractivity contribution in [1.29, 1.82) is 0 Å². The Labute approximate surface area is 107 Å². The van der Waals surface area contributed by atoms with Crippen molar-refractivity contribution in [2.75, 3.05) is 0 Å². The summed E-state index contributed by atoms with van der Waals surface area (Å²) in [6, 6.07) is 5.86. The van der Waals surface area contributed by atoms with Crippen LogP contribution in [0.15, 0.2) is 30.6 Å². The lowest BCUT2D eigenvalue weighted by Gasteiger charge is -2.11. The van der Waals surface area contributed by atoms with Gasteiger partial charge in [0.1, 0.15) is 0 Å². The molecule has 1 aliphatic carbocycles. The fourth-order valence-electron chi connectivity index (χ4n) is 2.89. The molecule has 0 unspecified atom stereocenters. The fraction of sp³-hybridized carbons (Fsp3) is 0.467. The van der Waals surface area contributed by atoms with Crippen molar-refractivity contribution in [3.05, 3.63) is 36.2 Å². The highest BCUT2D eigenvalue weighted by molar-refractivity contribution is 6.03. The zero-order valence-corrected chi connectivity index (χ0v) is 10.5. The van der Waals surface area contributed by atoms with Crippen LogP contribution in [0.5, 0.6) is 0 Å². The van der Waals surface area contributed by atoms with Gasteiger partial charge in [-0.15, -0.1) is 0 Å². The molecular formula is C15H18N2O. The Hall–Kier alpha value is -1.64. The maximum Gasteiger partial charge on any atom is 0.169 e. The first-order valence-corrected chi connectivity index (χ1v) is 6.83. The molecule has 2 aromatic rings. The SMILES string of the molecule is O=C(c1cnn2ccccc12)C1CCCCCC1. The Morgan fingerprint density at radius 1 is 1.17 bits per heavy atom. The number of aromatic nitrogens is 2. The molecule has 18 heavy (non-hydrogen) atoms. The van der Waals surface area contributed by atoms with Gasteiger partial charge in [-0.2, -0.15) is 5.10 Å². The van der Waals surface area contributed by atoms with Gasteiger partial charge in [0.05, 0.1) is 17.3 Å². The van der Waals surface area contributed by atoms with Crippen molar-refractivity contribution in [3.63, 3.8) is 0 Å². The number of hydrogen-bond donors (Lipinski definition) is 0. The van der Waals surface area contributed by atoms with Crippen molar-refractivity contribution in [1.82, 2.24) is 9.61 Å². The fourth-order valence-corrected chi connectivity index (χ4v) is 2.89. The Kier molecular flexibility index (Phi) is 3.13. The Balaban J connectivity index is 1.91. The van der Waals surface area contributed by atoms with E-state index < -0.39 is 0 Å². The second kappa shape index (κ2) is 4.92. The molecule has 0 amide bonds. The minimum Gasteiger partial charge on any atom is -0.294 e. The van der Waals surface area contributed by atoms with E-state index in [0.717, 1.165) is 23.9 Å². The molecule has 0 aliphatic heterocycles. The summed E-state index contributed by atoms with van der Waals surface area (Å²) in [7, 11) is 0. The number of hydrogen-bond acceptors (Lipinski definition) is 2. The molecule has 3 nitrogen and oxygen atoms in total. The van der Waals surface area contributed by atoms with Gasteiger partial charge in [-0.05, 0) is 25.0 Å². The van der Waals surface area contributed by atoms with Crippen LogP contribution >= 0.6 is 0 Å². The quantitative estimate of drug-likeness (QED) is 0.596. The zero-order valence-electron chi connectivity index (χ0n) is 10.5. The average Bonchev–Trinajstić information content (AvgIpc) is 2.65. The van der Waals surface area contributed by atoms with Crippen molar-refractivity contribution in [2.24, 2.45) is 5.92 Å². The number of carbonyl (C=O) groups excluding carboxylic acids is 1. The summed E-state index contributed by atoms with van der Waals surface area (Å²) in [4.78, 5) is 12.6. The predicted molar refractivity (Wildman–Crippen MR) is 70.7 cm³/mol. The molecule has 3 heteroatoms. The third kappa shape index (κ3) is 2.05. The molecular weight excluding hydrogens is 224 g/mol. The zero-order chi connectivity index (χ0) is 12.4. The molecule has 0 atom stereocenters. The minimum absolute atomic E-state index is 0.209. The summed E-state index contributed by atoms with van der Waals surface area (Å²) in [6.07, 6.45) is 10.6. The topological polar surface area (TPSA) is 34.4 Å². The molecule has 0 radical (unpaired) electrons. The van der Waals surface area contributed by atoms with Gasteiger partial charge in [0, 0.05) is 12.1 Å². The summed E-state index contributed by atoms with van der Waals surface area (Å²) in [5, 5.41) is 4.25. The second-order valence-corrected chi connectivity index (χ2v) is 5.14. The maximum absolute atomic E-state index is 12.6. The average molecular weight is 242 g/mol. The van der Waals surface area contributed by atoms with E-state index in [1.54, 1.807) is 10.7 Å². The van der Waals surface area contributed by atoms with Crippen LogP contribution in [-0.4, -0.2) is 15.4 Å². The summed E-state index contributed by atoms with van der Waals surface area (Å²) < 4.78 is 1.78. The highest BCUT2D eigenvalue weighted by Crippen LogP contribution is 2.27. The number of carbonyl (C=O) groups is 1. The van der Waals surface area contributed by atoms with Crippen LogP contribution in [0.3, 0.4) is 0 Å². The number of Topliss-reactive ketones (excluding diaryl/α,β-unsaturated/α-hetero) is 1. The summed E-state index contributed by atoms with van der Waals surface area (Å²) >= 11 is 0. The van der Waals surface area contributed by atoms with Crippen LogP contribution < -0.4 is 0 Å². The smallest absolute Gasteiger partial charge is 0.169 e. The first-order valence-electron chi connectivity index (χ1n) is 6.83. The van der Waals surface area contributed by atoms with E-state index in [1.807, 2.05) is 24.4 Å². The maximum atomic E-state index is 12.6. The number of rotatable bonds is 2. The number of ketones is 1. The molecule has 1 fully saturated rings. The standard InChI is InChI=1S/C15H18N2O/c18-15(12-7-3-1-2-4-8-12)13-11-16-17-10-6-5-9-14(13)17/h5-6,9-12H,1-4,7-8H2. The summed E-state index contributed by atoms with van der Waals surface area (Å²) in [6.45, 7) is 0. The third-order valence-electron chi connectivity index (χ3n) is 3.92. The first kappa shape index (κ1) is 11.5. The molecule has 2 heterocycles. The van der Waals surface area contributed by atoms with Crippen LogP contribution in [0.1, 0.15) is 48.9 Å². The van der Waals surface area contributed by atoms with Gasteiger partial charge in [0.15, 0.2) is 5.78 Å². The number of fused-ring (bicyclic) bond motifs is 1. The van der Waals surface area contributed by atoms with Crippen LogP contribution in [0.25, 0.3) is 5.52 Å². The van der Waals surface area contributed by atoms with Crippen LogP contribution in [-0.2, 0) is 0 Å². The summed E-state index contributed by atoms with van der Waals surface area (Å²) in [5.74, 6) is 0.499. The van der Waals surface area contributed by atoms with Gasteiger partial charge >= 0.3 is 0 Å². The second-order valence-electron chi connectivity index (χ2n) is 5.14. The largest absolute Gasteiger partial charge is 0.294 e. The van der Waals surface area contributed by atoms with E-state index in [4.69, 9.17) is 0 Å². The molecule has 0 aromatic carbocycles. The molecule has 1 saturated carbocycles. The van der Waals surface area contributed by atoms with E-state index in [2.05, 4.69) is 5.10 Å². The lowest BCUT2D eigenvalue weighted by atomic mass is 9.91. The number of nitrogens with zero attached hydrogens (tertiary/aromatic N) is 2. The number of pyridine rings is 1. The van der Waals surface area contributed by atoms with E-state index in [0.29, 0.717) is 0 Å². The van der Waals surface area contributed by atoms with Crippen molar-refractivity contribution >= 4 is 11.3 Å². The van der Waals surface area contributed by atoms with Crippen LogP contribution in [0.4, 0.5) is 0 Å². The predicted octanol–water partition coefficient (Wildman–Crippen LogP) is 3.49. The van der Waals surface area contributed by atoms with Crippen molar-refractivity contribution in [3.8, 4) is 0 Å². The molecule has 2 aromatic heterocycles. The van der Waals surface area contributed by atoms with Gasteiger partial charge in [-0.25, -0.2) is 4.52 Å². The summed E-state index contributed by atoms with van der Waals surface area (Å²) in [5.41, 5.74) is 1.73. The van der Waals surface area contributed by atoms with Gasteiger partial charge in [0.2, 0.25) is 0 Å². The molecule has 0 saturated heterocycles. The first-order chi connectivity index (χ1) is 8.86. The Morgan fingerprint density at radius 3 is 2.72 bits per heavy atom. The Morgan fingerprint density at radius 2 is 1.94 bits per heavy atom. The highest BCUT2D eigenvalue weighted by atomic mass is 16.1. The van der Waals surface area contributed by atoms with E-state index >= 15 is 0 Å². The monoisotopic (exact) mass is 242 g/mol. The van der Waals surface area contributed by atoms with Crippen LogP contribution in [0, 0.1) is 5.92 Å². The van der Waals surface area contributed by atoms with Gasteiger partial charge in [-0.1, -0.05) is 31.7 Å². The molecule has 1 aliphatic rings. The normalized spacial score (nSPS) is 17.8. The molecule has 0 bridgehead atoms. The van der Waals surface area contributed by atoms with E-state index in [-0.39, 0.29) is 11.7 Å². The molecule has 0 N–H and O–H groups in total. The highest BCUT2D eigenvalue weighted by Gasteiger charge is 2.23. The lowest BCUT2D eigenvalue weighted by Crippen LogP contribution is -2.13. The third-order valence-corrected chi connectivity index (χ3v) is 3.92. The van der Waals surface area contributed by atoms with Crippen molar-refractivity contribution < 1.29 is 4.79 Å². The molecule has 0 spiro atoms. The van der Waals surface area contributed by atoms with E-state index in [9.17, 15) is 4.79 Å². The molecule has 3 rings (SSSR count). The van der Waals surface area contributed by atoms with Gasteiger partial charge in [0.25, 0.3) is 0 Å². The Bertz CT molecular complexity index is 550. The van der Waals surface area contributed by atoms with Crippen LogP contribution in [0.2, 0.25) is 0 Å². The van der Waals surface area contributed by atoms with E-state index in [1.165, 1.54) is 25.7 Å². The molecule has 94 valence electrons. The lowest BCUT2D eigenvalue weighted by molar-refractivity contribution is 0.0909.